The fourth-order valence-corrected chi connectivity index (χ4v) is 4.05. The Hall–Kier alpha value is -1.62. The molecule has 1 N–H and O–H groups in total. The van der Waals surface area contributed by atoms with Crippen molar-refractivity contribution >= 4 is 38.4 Å². The summed E-state index contributed by atoms with van der Waals surface area (Å²) in [4.78, 5) is 4.65. The van der Waals surface area contributed by atoms with Crippen molar-refractivity contribution in [2.75, 3.05) is 13.2 Å². The third kappa shape index (κ3) is 3.98. The molecule has 2 aromatic carbocycles. The number of ether oxygens (including phenoxy) is 1. The van der Waals surface area contributed by atoms with E-state index in [1.54, 1.807) is 0 Å². The fourth-order valence-electron chi connectivity index (χ4n) is 3.55. The molecule has 1 fully saturated rings. The first-order valence-corrected chi connectivity index (χ1v) is 10.4. The second kappa shape index (κ2) is 7.78. The highest BCUT2D eigenvalue weighted by atomic mass is 79.9. The molecule has 3 aromatic rings. The number of pyridine rings is 1. The molecule has 0 spiro atoms. The molecule has 3 nitrogen and oxygen atoms in total. The first-order valence-electron chi connectivity index (χ1n) is 9.24. The molecule has 0 radical (unpaired) electrons. The number of hydrogen-bond acceptors (Lipinski definition) is 3. The second-order valence-corrected chi connectivity index (χ2v) is 8.50. The lowest BCUT2D eigenvalue weighted by molar-refractivity contribution is 0.255. The van der Waals surface area contributed by atoms with Crippen LogP contribution in [0.2, 0.25) is 5.02 Å². The van der Waals surface area contributed by atoms with Gasteiger partial charge in [0, 0.05) is 27.7 Å². The average molecular weight is 446 g/mol. The summed E-state index contributed by atoms with van der Waals surface area (Å²) in [6.07, 6.45) is 4.13. The lowest BCUT2D eigenvalue weighted by Gasteiger charge is -2.27. The van der Waals surface area contributed by atoms with Crippen molar-refractivity contribution in [3.8, 4) is 16.9 Å². The Morgan fingerprint density at radius 1 is 1.19 bits per heavy atom. The standard InChI is InChI=1S/C22H22BrClN2O/c1-13-7-14(2)9-15(8-13)18-12-26-21-11-20(24)19(23)10-17(21)22(18)27-6-4-16-3-5-25-16/h7-12,16,25H,3-6H2,1-2H3. The van der Waals surface area contributed by atoms with Crippen LogP contribution in [0.3, 0.4) is 0 Å². The highest BCUT2D eigenvalue weighted by Gasteiger charge is 2.18. The number of rotatable bonds is 5. The number of aryl methyl sites for hydroxylation is 2. The highest BCUT2D eigenvalue weighted by Crippen LogP contribution is 2.39. The normalized spacial score (nSPS) is 16.4. The molecule has 0 bridgehead atoms. The van der Waals surface area contributed by atoms with Crippen LogP contribution >= 0.6 is 27.5 Å². The fraction of sp³-hybridized carbons (Fsp3) is 0.318. The van der Waals surface area contributed by atoms with E-state index in [9.17, 15) is 0 Å². The maximum absolute atomic E-state index is 6.34. The van der Waals surface area contributed by atoms with Crippen LogP contribution < -0.4 is 10.1 Å². The summed E-state index contributed by atoms with van der Waals surface area (Å²) in [7, 11) is 0. The van der Waals surface area contributed by atoms with E-state index in [1.807, 2.05) is 18.3 Å². The maximum Gasteiger partial charge on any atom is 0.138 e. The van der Waals surface area contributed by atoms with E-state index >= 15 is 0 Å². The monoisotopic (exact) mass is 444 g/mol. The summed E-state index contributed by atoms with van der Waals surface area (Å²) >= 11 is 9.82. The van der Waals surface area contributed by atoms with Gasteiger partial charge in [-0.2, -0.15) is 0 Å². The van der Waals surface area contributed by atoms with Gasteiger partial charge in [0.1, 0.15) is 5.75 Å². The van der Waals surface area contributed by atoms with Crippen molar-refractivity contribution in [1.29, 1.82) is 0 Å². The van der Waals surface area contributed by atoms with Gasteiger partial charge in [-0.1, -0.05) is 40.9 Å². The minimum absolute atomic E-state index is 0.573. The Bertz CT molecular complexity index is 981. The van der Waals surface area contributed by atoms with Gasteiger partial charge in [-0.05, 0) is 66.9 Å². The lowest BCUT2D eigenvalue weighted by Crippen LogP contribution is -2.43. The number of nitrogens with zero attached hydrogens (tertiary/aromatic N) is 1. The molecule has 2 heterocycles. The van der Waals surface area contributed by atoms with Gasteiger partial charge in [-0.25, -0.2) is 0 Å². The van der Waals surface area contributed by atoms with E-state index in [2.05, 4.69) is 58.3 Å². The zero-order chi connectivity index (χ0) is 19.0. The molecule has 1 aliphatic heterocycles. The van der Waals surface area contributed by atoms with Gasteiger partial charge in [0.25, 0.3) is 0 Å². The molecule has 27 heavy (non-hydrogen) atoms. The molecule has 1 aliphatic rings. The van der Waals surface area contributed by atoms with Crippen molar-refractivity contribution in [3.05, 3.63) is 57.2 Å². The van der Waals surface area contributed by atoms with Crippen molar-refractivity contribution in [2.45, 2.75) is 32.7 Å². The van der Waals surface area contributed by atoms with E-state index in [4.69, 9.17) is 16.3 Å². The number of nitrogens with one attached hydrogen (secondary N) is 1. The van der Waals surface area contributed by atoms with Crippen molar-refractivity contribution in [2.24, 2.45) is 0 Å². The number of hydrogen-bond donors (Lipinski definition) is 1. The van der Waals surface area contributed by atoms with Crippen LogP contribution in [0.25, 0.3) is 22.0 Å². The third-order valence-electron chi connectivity index (χ3n) is 5.03. The van der Waals surface area contributed by atoms with Crippen LogP contribution in [0.4, 0.5) is 0 Å². The molecule has 4 rings (SSSR count). The van der Waals surface area contributed by atoms with Gasteiger partial charge < -0.3 is 10.1 Å². The van der Waals surface area contributed by atoms with Gasteiger partial charge >= 0.3 is 0 Å². The van der Waals surface area contributed by atoms with E-state index < -0.39 is 0 Å². The number of fused-ring (bicyclic) bond motifs is 1. The summed E-state index contributed by atoms with van der Waals surface area (Å²) in [5.41, 5.74) is 5.45. The highest BCUT2D eigenvalue weighted by molar-refractivity contribution is 9.10. The zero-order valence-electron chi connectivity index (χ0n) is 15.5. The Morgan fingerprint density at radius 2 is 1.93 bits per heavy atom. The van der Waals surface area contributed by atoms with Crippen LogP contribution in [-0.4, -0.2) is 24.2 Å². The largest absolute Gasteiger partial charge is 0.492 e. The van der Waals surface area contributed by atoms with Crippen LogP contribution in [0.1, 0.15) is 24.0 Å². The first kappa shape index (κ1) is 18.7. The molecular weight excluding hydrogens is 424 g/mol. The minimum Gasteiger partial charge on any atom is -0.492 e. The molecule has 1 unspecified atom stereocenters. The molecular formula is C22H22BrClN2O. The number of halogens is 2. The zero-order valence-corrected chi connectivity index (χ0v) is 17.8. The van der Waals surface area contributed by atoms with Gasteiger partial charge in [0.15, 0.2) is 0 Å². The number of benzene rings is 2. The molecule has 1 atom stereocenters. The van der Waals surface area contributed by atoms with Gasteiger partial charge in [-0.15, -0.1) is 0 Å². The van der Waals surface area contributed by atoms with E-state index in [0.717, 1.165) is 45.2 Å². The van der Waals surface area contributed by atoms with Crippen LogP contribution in [0.5, 0.6) is 5.75 Å². The number of aromatic nitrogens is 1. The summed E-state index contributed by atoms with van der Waals surface area (Å²) in [5.74, 6) is 0.877. The van der Waals surface area contributed by atoms with Gasteiger partial charge in [-0.3, -0.25) is 4.98 Å². The Balaban J connectivity index is 1.80. The maximum atomic E-state index is 6.34. The quantitative estimate of drug-likeness (QED) is 0.518. The first-order chi connectivity index (χ1) is 13.0. The van der Waals surface area contributed by atoms with Crippen LogP contribution in [0.15, 0.2) is 41.0 Å². The Labute approximate surface area is 173 Å². The summed E-state index contributed by atoms with van der Waals surface area (Å²) in [6, 6.07) is 11.0. The van der Waals surface area contributed by atoms with Crippen LogP contribution in [0, 0.1) is 13.8 Å². The van der Waals surface area contributed by atoms with Crippen molar-refractivity contribution in [3.63, 3.8) is 0 Å². The van der Waals surface area contributed by atoms with Crippen LogP contribution in [-0.2, 0) is 0 Å². The molecule has 1 saturated heterocycles. The van der Waals surface area contributed by atoms with E-state index in [1.165, 1.54) is 17.5 Å². The van der Waals surface area contributed by atoms with Crippen molar-refractivity contribution < 1.29 is 4.74 Å². The molecule has 140 valence electrons. The summed E-state index contributed by atoms with van der Waals surface area (Å²) in [5, 5.41) is 5.06. The smallest absolute Gasteiger partial charge is 0.138 e. The summed E-state index contributed by atoms with van der Waals surface area (Å²) in [6.45, 7) is 6.02. The Morgan fingerprint density at radius 3 is 2.59 bits per heavy atom. The van der Waals surface area contributed by atoms with E-state index in [-0.39, 0.29) is 0 Å². The topological polar surface area (TPSA) is 34.1 Å². The second-order valence-electron chi connectivity index (χ2n) is 7.24. The third-order valence-corrected chi connectivity index (χ3v) is 6.23. The van der Waals surface area contributed by atoms with Gasteiger partial charge in [0.2, 0.25) is 0 Å². The van der Waals surface area contributed by atoms with Gasteiger partial charge in [0.05, 0.1) is 17.1 Å². The molecule has 5 heteroatoms. The predicted octanol–water partition coefficient (Wildman–Crippen LogP) is 6.07. The average Bonchev–Trinajstić information content (AvgIpc) is 2.57. The molecule has 0 amide bonds. The van der Waals surface area contributed by atoms with E-state index in [0.29, 0.717) is 17.7 Å². The lowest BCUT2D eigenvalue weighted by atomic mass is 9.99. The van der Waals surface area contributed by atoms with Crippen molar-refractivity contribution in [1.82, 2.24) is 10.3 Å². The SMILES string of the molecule is Cc1cc(C)cc(-c2cnc3cc(Cl)c(Br)cc3c2OCCC2CCN2)c1. The molecule has 0 aliphatic carbocycles. The predicted molar refractivity (Wildman–Crippen MR) is 116 cm³/mol. The summed E-state index contributed by atoms with van der Waals surface area (Å²) < 4.78 is 7.19. The Kier molecular flexibility index (Phi) is 5.40. The molecule has 0 saturated carbocycles. The minimum atomic E-state index is 0.573. The molecule has 1 aromatic heterocycles.